The quantitative estimate of drug-likeness (QED) is 0.365. The molecule has 2 atom stereocenters. The molecule has 160 valence electrons. The molecule has 0 spiro atoms. The Bertz CT molecular complexity index is 761. The van der Waals surface area contributed by atoms with Crippen molar-refractivity contribution in [2.24, 2.45) is 32.5 Å². The van der Waals surface area contributed by atoms with Gasteiger partial charge in [-0.05, 0) is 68.6 Å². The second kappa shape index (κ2) is 5.89. The van der Waals surface area contributed by atoms with Crippen molar-refractivity contribution in [3.8, 4) is 0 Å². The average molecular weight is 385 g/mol. The molecule has 0 fully saturated rings. The van der Waals surface area contributed by atoms with E-state index >= 15 is 0 Å². The molecule has 0 amide bonds. The van der Waals surface area contributed by atoms with Crippen molar-refractivity contribution in [3.05, 3.63) is 33.4 Å². The molecule has 0 aromatic carbocycles. The highest BCUT2D eigenvalue weighted by Crippen LogP contribution is 2.73. The van der Waals surface area contributed by atoms with Crippen LogP contribution in [0.5, 0.6) is 0 Å². The van der Waals surface area contributed by atoms with Gasteiger partial charge >= 0.3 is 0 Å². The topological polar surface area (TPSA) is 0 Å². The Morgan fingerprint density at radius 2 is 0.536 bits per heavy atom. The van der Waals surface area contributed by atoms with Crippen LogP contribution in [0.2, 0.25) is 0 Å². The van der Waals surface area contributed by atoms with Crippen molar-refractivity contribution < 1.29 is 0 Å². The third kappa shape index (κ3) is 2.14. The minimum Gasteiger partial charge on any atom is -0.0676 e. The maximum Gasteiger partial charge on any atom is 0.0180 e. The van der Waals surface area contributed by atoms with E-state index in [-0.39, 0.29) is 32.5 Å². The van der Waals surface area contributed by atoms with Crippen LogP contribution >= 0.6 is 0 Å². The summed E-state index contributed by atoms with van der Waals surface area (Å²) >= 11 is 0. The first-order valence-corrected chi connectivity index (χ1v) is 11.2. The van der Waals surface area contributed by atoms with Crippen LogP contribution in [0.3, 0.4) is 0 Å². The van der Waals surface area contributed by atoms with Crippen LogP contribution in [0.25, 0.3) is 0 Å². The van der Waals surface area contributed by atoms with E-state index in [1.165, 1.54) is 0 Å². The highest BCUT2D eigenvalue weighted by Gasteiger charge is 2.65. The molecule has 3 aliphatic rings. The number of fused-ring (bicyclic) bond motifs is 4. The van der Waals surface area contributed by atoms with E-state index in [2.05, 4.69) is 111 Å². The van der Waals surface area contributed by atoms with E-state index in [0.29, 0.717) is 0 Å². The van der Waals surface area contributed by atoms with Gasteiger partial charge in [0.05, 0.1) is 0 Å². The van der Waals surface area contributed by atoms with Crippen LogP contribution in [0, 0.1) is 32.5 Å². The number of rotatable bonds is 0. The Balaban J connectivity index is 3.40. The lowest BCUT2D eigenvalue weighted by Gasteiger charge is -2.65. The molecule has 0 nitrogen and oxygen atoms in total. The van der Waals surface area contributed by atoms with Gasteiger partial charge in [0, 0.05) is 5.41 Å². The highest BCUT2D eigenvalue weighted by atomic mass is 14.7. The highest BCUT2D eigenvalue weighted by molar-refractivity contribution is 5.49. The first kappa shape index (κ1) is 23.5. The van der Waals surface area contributed by atoms with Gasteiger partial charge in [-0.1, -0.05) is 103 Å². The summed E-state index contributed by atoms with van der Waals surface area (Å²) in [6, 6.07) is 0. The molecule has 2 unspecified atom stereocenters. The third-order valence-corrected chi connectivity index (χ3v) is 11.9. The lowest BCUT2D eigenvalue weighted by atomic mass is 9.39. The van der Waals surface area contributed by atoms with Crippen molar-refractivity contribution in [2.75, 3.05) is 0 Å². The maximum absolute atomic E-state index is 2.58. The summed E-state index contributed by atoms with van der Waals surface area (Å²) in [5.41, 5.74) is 9.76. The van der Waals surface area contributed by atoms with Crippen LogP contribution in [-0.4, -0.2) is 0 Å². The second-order valence-corrected chi connectivity index (χ2v) is 12.5. The van der Waals surface area contributed by atoms with Crippen molar-refractivity contribution in [1.82, 2.24) is 0 Å². The predicted octanol–water partition coefficient (Wildman–Crippen LogP) is 9.14. The zero-order valence-corrected chi connectivity index (χ0v) is 22.0. The van der Waals surface area contributed by atoms with Gasteiger partial charge in [-0.25, -0.2) is 0 Å². The molecule has 3 aliphatic carbocycles. The summed E-state index contributed by atoms with van der Waals surface area (Å²) in [4.78, 5) is 0. The van der Waals surface area contributed by atoms with E-state index in [1.54, 1.807) is 33.4 Å². The molecular weight excluding hydrogens is 336 g/mol. The second-order valence-electron chi connectivity index (χ2n) is 12.5. The Morgan fingerprint density at radius 3 is 0.821 bits per heavy atom. The molecule has 0 heteroatoms. The molecule has 3 rings (SSSR count). The Kier molecular flexibility index (Phi) is 4.94. The fourth-order valence-corrected chi connectivity index (χ4v) is 7.69. The molecule has 0 heterocycles. The van der Waals surface area contributed by atoms with Crippen molar-refractivity contribution in [1.29, 1.82) is 0 Å². The average Bonchev–Trinajstić information content (AvgIpc) is 2.60. The van der Waals surface area contributed by atoms with Crippen molar-refractivity contribution in [2.45, 2.75) is 111 Å². The largest absolute Gasteiger partial charge is 0.0676 e. The number of allylic oxidation sites excluding steroid dienone is 6. The summed E-state index contributed by atoms with van der Waals surface area (Å²) in [5, 5.41) is 0. The maximum atomic E-state index is 2.58. The van der Waals surface area contributed by atoms with E-state index in [4.69, 9.17) is 0 Å². The van der Waals surface area contributed by atoms with E-state index in [9.17, 15) is 0 Å². The van der Waals surface area contributed by atoms with Crippen LogP contribution in [-0.2, 0) is 0 Å². The SMILES string of the molecule is CC1=C(C)C2(C)/C(C)=C(\C)C(C)(C)C(C)(C1(C)C)C(C)(C)/C(C)=C(/C)C2(C)C. The molecule has 0 saturated carbocycles. The summed E-state index contributed by atoms with van der Waals surface area (Å²) in [5.74, 6) is 0. The molecule has 0 N–H and O–H groups in total. The van der Waals surface area contributed by atoms with Gasteiger partial charge in [0.1, 0.15) is 0 Å². The molecule has 0 aromatic rings. The van der Waals surface area contributed by atoms with Gasteiger partial charge in [0.25, 0.3) is 0 Å². The Morgan fingerprint density at radius 1 is 0.321 bits per heavy atom. The van der Waals surface area contributed by atoms with Gasteiger partial charge in [-0.3, -0.25) is 0 Å². The molecule has 0 aliphatic heterocycles. The van der Waals surface area contributed by atoms with Crippen molar-refractivity contribution in [3.63, 3.8) is 0 Å². The molecule has 0 saturated heterocycles. The summed E-state index contributed by atoms with van der Waals surface area (Å²) in [6.07, 6.45) is 0. The standard InChI is InChI=1S/C28H48/c1-17-18(2)24(9,10)28(16)25(11,12)19(3)21(5)27(15,23(17,7)8)22(6)20(4)26(28,13)14/h1-16H3/b18-17-,21-19+,22-20?. The van der Waals surface area contributed by atoms with Gasteiger partial charge in [-0.15, -0.1) is 0 Å². The Hall–Kier alpha value is -0.780. The van der Waals surface area contributed by atoms with Gasteiger partial charge < -0.3 is 0 Å². The molecule has 0 aromatic heterocycles. The predicted molar refractivity (Wildman–Crippen MR) is 126 cm³/mol. The van der Waals surface area contributed by atoms with Crippen LogP contribution in [0.15, 0.2) is 33.4 Å². The summed E-state index contributed by atoms with van der Waals surface area (Å²) < 4.78 is 0. The lowest BCUT2D eigenvalue weighted by Crippen LogP contribution is -2.58. The third-order valence-electron chi connectivity index (χ3n) is 11.9. The molecule has 2 bridgehead atoms. The lowest BCUT2D eigenvalue weighted by molar-refractivity contribution is -0.0808. The zero-order chi connectivity index (χ0) is 22.5. The fraction of sp³-hybridized carbons (Fsp3) is 0.786. The van der Waals surface area contributed by atoms with E-state index in [0.717, 1.165) is 0 Å². The normalized spacial score (nSPS) is 42.0. The monoisotopic (exact) mass is 384 g/mol. The van der Waals surface area contributed by atoms with Crippen LogP contribution in [0.4, 0.5) is 0 Å². The number of hydrogen-bond donors (Lipinski definition) is 0. The number of hydrogen-bond acceptors (Lipinski definition) is 0. The Labute approximate surface area is 177 Å². The van der Waals surface area contributed by atoms with Crippen LogP contribution < -0.4 is 0 Å². The summed E-state index contributed by atoms with van der Waals surface area (Å²) in [6.45, 7) is 39.7. The minimum absolute atomic E-state index is 0.00278. The molecule has 28 heavy (non-hydrogen) atoms. The fourth-order valence-electron chi connectivity index (χ4n) is 7.69. The first-order valence-electron chi connectivity index (χ1n) is 11.2. The van der Waals surface area contributed by atoms with Gasteiger partial charge in [-0.2, -0.15) is 0 Å². The van der Waals surface area contributed by atoms with Crippen molar-refractivity contribution >= 4 is 0 Å². The van der Waals surface area contributed by atoms with Gasteiger partial charge in [0.2, 0.25) is 0 Å². The first-order chi connectivity index (χ1) is 12.2. The van der Waals surface area contributed by atoms with E-state index in [1.807, 2.05) is 0 Å². The summed E-state index contributed by atoms with van der Waals surface area (Å²) in [7, 11) is 0. The molecular formula is C28H48. The molecule has 0 radical (unpaired) electrons. The minimum atomic E-state index is 0.00278. The van der Waals surface area contributed by atoms with Crippen LogP contribution in [0.1, 0.15) is 111 Å². The smallest absolute Gasteiger partial charge is 0.0180 e. The van der Waals surface area contributed by atoms with E-state index < -0.39 is 0 Å². The zero-order valence-electron chi connectivity index (χ0n) is 22.0. The van der Waals surface area contributed by atoms with Gasteiger partial charge in [0.15, 0.2) is 0 Å².